The van der Waals surface area contributed by atoms with Crippen molar-refractivity contribution in [2.75, 3.05) is 32.8 Å². The second kappa shape index (κ2) is 8.08. The Bertz CT molecular complexity index is 686. The van der Waals surface area contributed by atoms with E-state index in [2.05, 4.69) is 0 Å². The highest BCUT2D eigenvalue weighted by Gasteiger charge is 2.25. The SMILES string of the molecule is O=C(COc1ccccc1)N1CCN(S(=O)c2ccccc2)CC1. The Labute approximate surface area is 144 Å². The summed E-state index contributed by atoms with van der Waals surface area (Å²) in [5, 5.41) is 0. The lowest BCUT2D eigenvalue weighted by atomic mass is 10.3. The monoisotopic (exact) mass is 344 g/mol. The van der Waals surface area contributed by atoms with Gasteiger partial charge in [-0.05, 0) is 24.3 Å². The van der Waals surface area contributed by atoms with Crippen LogP contribution in [-0.4, -0.2) is 52.1 Å². The van der Waals surface area contributed by atoms with Crippen molar-refractivity contribution in [1.82, 2.24) is 9.21 Å². The maximum absolute atomic E-state index is 12.5. The smallest absolute Gasteiger partial charge is 0.260 e. The van der Waals surface area contributed by atoms with Gasteiger partial charge in [0.15, 0.2) is 6.61 Å². The van der Waals surface area contributed by atoms with Gasteiger partial charge in [-0.25, -0.2) is 8.51 Å². The van der Waals surface area contributed by atoms with Gasteiger partial charge in [0.2, 0.25) is 0 Å². The normalized spacial score (nSPS) is 16.6. The predicted octanol–water partition coefficient (Wildman–Crippen LogP) is 1.93. The first-order chi connectivity index (χ1) is 11.7. The number of piperazine rings is 1. The molecule has 0 aromatic heterocycles. The van der Waals surface area contributed by atoms with Crippen LogP contribution in [0.5, 0.6) is 5.75 Å². The van der Waals surface area contributed by atoms with Crippen molar-refractivity contribution in [1.29, 1.82) is 0 Å². The van der Waals surface area contributed by atoms with E-state index in [1.165, 1.54) is 0 Å². The van der Waals surface area contributed by atoms with E-state index in [1.54, 1.807) is 4.90 Å². The number of rotatable bonds is 5. The lowest BCUT2D eigenvalue weighted by molar-refractivity contribution is -0.134. The molecule has 1 aliphatic heterocycles. The molecule has 0 spiro atoms. The van der Waals surface area contributed by atoms with E-state index in [9.17, 15) is 9.00 Å². The van der Waals surface area contributed by atoms with Crippen LogP contribution in [0.25, 0.3) is 0 Å². The number of hydrogen-bond donors (Lipinski definition) is 0. The number of carbonyl (C=O) groups is 1. The van der Waals surface area contributed by atoms with Crippen molar-refractivity contribution in [2.45, 2.75) is 4.90 Å². The minimum absolute atomic E-state index is 0.0335. The van der Waals surface area contributed by atoms with Crippen LogP contribution in [0.3, 0.4) is 0 Å². The Morgan fingerprint density at radius 2 is 1.50 bits per heavy atom. The fourth-order valence-corrected chi connectivity index (χ4v) is 3.73. The maximum atomic E-state index is 12.5. The molecule has 2 aromatic rings. The summed E-state index contributed by atoms with van der Waals surface area (Å²) in [7, 11) is -1.17. The van der Waals surface area contributed by atoms with Gasteiger partial charge < -0.3 is 9.64 Å². The van der Waals surface area contributed by atoms with Crippen molar-refractivity contribution in [2.24, 2.45) is 0 Å². The molecule has 0 bridgehead atoms. The van der Waals surface area contributed by atoms with Crippen molar-refractivity contribution in [3.05, 3.63) is 60.7 Å². The molecule has 1 unspecified atom stereocenters. The molecular formula is C18H20N2O3S. The van der Waals surface area contributed by atoms with Gasteiger partial charge in [-0.3, -0.25) is 4.79 Å². The molecule has 1 saturated heterocycles. The van der Waals surface area contributed by atoms with E-state index in [0.29, 0.717) is 31.9 Å². The fourth-order valence-electron chi connectivity index (χ4n) is 2.54. The molecule has 1 heterocycles. The Balaban J connectivity index is 1.48. The number of amides is 1. The van der Waals surface area contributed by atoms with Gasteiger partial charge in [-0.1, -0.05) is 36.4 Å². The minimum Gasteiger partial charge on any atom is -0.484 e. The molecule has 3 rings (SSSR count). The Kier molecular flexibility index (Phi) is 5.61. The number of carbonyl (C=O) groups excluding carboxylic acids is 1. The predicted molar refractivity (Wildman–Crippen MR) is 92.9 cm³/mol. The third-order valence-electron chi connectivity index (χ3n) is 3.88. The number of nitrogens with zero attached hydrogens (tertiary/aromatic N) is 2. The molecule has 126 valence electrons. The van der Waals surface area contributed by atoms with E-state index < -0.39 is 11.0 Å². The van der Waals surface area contributed by atoms with Gasteiger partial charge >= 0.3 is 0 Å². The summed E-state index contributed by atoms with van der Waals surface area (Å²) in [5.41, 5.74) is 0. The Morgan fingerprint density at radius 1 is 0.917 bits per heavy atom. The average molecular weight is 344 g/mol. The summed E-state index contributed by atoms with van der Waals surface area (Å²) in [6, 6.07) is 18.7. The van der Waals surface area contributed by atoms with Crippen molar-refractivity contribution in [3.8, 4) is 5.75 Å². The lowest BCUT2D eigenvalue weighted by Gasteiger charge is -2.33. The molecule has 0 saturated carbocycles. The van der Waals surface area contributed by atoms with Crippen molar-refractivity contribution >= 4 is 16.9 Å². The van der Waals surface area contributed by atoms with Crippen molar-refractivity contribution < 1.29 is 13.7 Å². The van der Waals surface area contributed by atoms with E-state index in [0.717, 1.165) is 4.90 Å². The molecule has 0 N–H and O–H groups in total. The van der Waals surface area contributed by atoms with Crippen LogP contribution in [0, 0.1) is 0 Å². The summed E-state index contributed by atoms with van der Waals surface area (Å²) < 4.78 is 19.9. The second-order valence-corrected chi connectivity index (χ2v) is 6.96. The van der Waals surface area contributed by atoms with Crippen LogP contribution in [0.2, 0.25) is 0 Å². The first-order valence-corrected chi connectivity index (χ1v) is 9.02. The summed E-state index contributed by atoms with van der Waals surface area (Å²) in [5.74, 6) is 0.652. The first kappa shape index (κ1) is 16.7. The van der Waals surface area contributed by atoms with E-state index in [-0.39, 0.29) is 12.5 Å². The third kappa shape index (κ3) is 4.21. The van der Waals surface area contributed by atoms with Crippen molar-refractivity contribution in [3.63, 3.8) is 0 Å². The molecule has 0 aliphatic carbocycles. The van der Waals surface area contributed by atoms with Crippen LogP contribution >= 0.6 is 0 Å². The van der Waals surface area contributed by atoms with Gasteiger partial charge in [-0.2, -0.15) is 0 Å². The van der Waals surface area contributed by atoms with E-state index >= 15 is 0 Å². The molecule has 5 nitrogen and oxygen atoms in total. The first-order valence-electron chi connectivity index (χ1n) is 7.91. The van der Waals surface area contributed by atoms with Gasteiger partial charge in [0.05, 0.1) is 4.90 Å². The highest BCUT2D eigenvalue weighted by molar-refractivity contribution is 7.82. The molecule has 24 heavy (non-hydrogen) atoms. The summed E-state index contributed by atoms with van der Waals surface area (Å²) in [6.07, 6.45) is 0. The molecule has 1 atom stereocenters. The zero-order valence-corrected chi connectivity index (χ0v) is 14.2. The Morgan fingerprint density at radius 3 is 2.12 bits per heavy atom. The average Bonchev–Trinajstić information content (AvgIpc) is 2.67. The quantitative estimate of drug-likeness (QED) is 0.833. The lowest BCUT2D eigenvalue weighted by Crippen LogP contribution is -2.50. The molecule has 0 radical (unpaired) electrons. The number of hydrogen-bond acceptors (Lipinski definition) is 3. The van der Waals surface area contributed by atoms with Gasteiger partial charge in [-0.15, -0.1) is 0 Å². The Hall–Kier alpha value is -2.18. The number of para-hydroxylation sites is 1. The molecule has 1 amide bonds. The zero-order chi connectivity index (χ0) is 16.8. The van der Waals surface area contributed by atoms with Crippen LogP contribution in [0.1, 0.15) is 0 Å². The molecule has 1 fully saturated rings. The molecule has 2 aromatic carbocycles. The number of benzene rings is 2. The topological polar surface area (TPSA) is 49.9 Å². The summed E-state index contributed by atoms with van der Waals surface area (Å²) >= 11 is 0. The fraction of sp³-hybridized carbons (Fsp3) is 0.278. The molecule has 1 aliphatic rings. The minimum atomic E-state index is -1.17. The van der Waals surface area contributed by atoms with Gasteiger partial charge in [0.25, 0.3) is 5.91 Å². The second-order valence-electron chi connectivity index (χ2n) is 5.47. The van der Waals surface area contributed by atoms with E-state index in [1.807, 2.05) is 65.0 Å². The molecular weight excluding hydrogens is 324 g/mol. The number of ether oxygens (including phenoxy) is 1. The highest BCUT2D eigenvalue weighted by atomic mass is 32.2. The summed E-state index contributed by atoms with van der Waals surface area (Å²) in [4.78, 5) is 14.8. The van der Waals surface area contributed by atoms with Crippen LogP contribution in [-0.2, 0) is 15.8 Å². The summed E-state index contributed by atoms with van der Waals surface area (Å²) in [6.45, 7) is 2.36. The molecule has 6 heteroatoms. The van der Waals surface area contributed by atoms with Gasteiger partial charge in [0.1, 0.15) is 16.7 Å². The highest BCUT2D eigenvalue weighted by Crippen LogP contribution is 2.14. The van der Waals surface area contributed by atoms with Gasteiger partial charge in [0, 0.05) is 26.2 Å². The largest absolute Gasteiger partial charge is 0.484 e. The van der Waals surface area contributed by atoms with Crippen LogP contribution in [0.4, 0.5) is 0 Å². The van der Waals surface area contributed by atoms with E-state index in [4.69, 9.17) is 4.74 Å². The van der Waals surface area contributed by atoms with Crippen LogP contribution in [0.15, 0.2) is 65.6 Å². The van der Waals surface area contributed by atoms with Crippen LogP contribution < -0.4 is 4.74 Å². The standard InChI is InChI=1S/C18H20N2O3S/c21-18(15-23-16-7-3-1-4-8-16)19-11-13-20(14-12-19)24(22)17-9-5-2-6-10-17/h1-10H,11-15H2. The maximum Gasteiger partial charge on any atom is 0.260 e. The third-order valence-corrected chi connectivity index (χ3v) is 5.39. The zero-order valence-electron chi connectivity index (χ0n) is 13.3.